The molecule has 1 aromatic heterocycles. The zero-order valence-corrected chi connectivity index (χ0v) is 10.5. The Hall–Kier alpha value is -1.62. The molecule has 5 heteroatoms. The lowest BCUT2D eigenvalue weighted by atomic mass is 9.91. The number of rotatable bonds is 6. The lowest BCUT2D eigenvalue weighted by molar-refractivity contribution is 0.283. The number of nitrogens with one attached hydrogen (secondary N) is 1. The topological polar surface area (TPSA) is 86.2 Å². The third-order valence-electron chi connectivity index (χ3n) is 3.43. The van der Waals surface area contributed by atoms with Gasteiger partial charge in [0.1, 0.15) is 11.5 Å². The summed E-state index contributed by atoms with van der Waals surface area (Å²) >= 11 is 0. The average molecular weight is 248 g/mol. The summed E-state index contributed by atoms with van der Waals surface area (Å²) < 4.78 is 0. The van der Waals surface area contributed by atoms with E-state index in [1.165, 1.54) is 19.3 Å². The smallest absolute Gasteiger partial charge is 0.141 e. The van der Waals surface area contributed by atoms with Crippen LogP contribution < -0.4 is 10.6 Å². The monoisotopic (exact) mass is 248 g/mol. The maximum absolute atomic E-state index is 8.96. The molecule has 0 radical (unpaired) electrons. The lowest BCUT2D eigenvalue weighted by Gasteiger charge is -2.39. The molecule has 0 bridgehead atoms. The molecule has 4 N–H and O–H groups in total. The standard InChI is InChI=1S/C13H20N4O/c14-13(15)12-6-5-11(9-16-12)17(7-2-8-18)10-3-1-4-10/h5-6,9-10,18H,1-4,7-8H2,(H3,14,15). The Morgan fingerprint density at radius 1 is 1.50 bits per heavy atom. The predicted octanol–water partition coefficient (Wildman–Crippen LogP) is 1.11. The van der Waals surface area contributed by atoms with Crippen LogP contribution >= 0.6 is 0 Å². The van der Waals surface area contributed by atoms with E-state index in [2.05, 4.69) is 9.88 Å². The third-order valence-corrected chi connectivity index (χ3v) is 3.43. The molecule has 0 aliphatic heterocycles. The summed E-state index contributed by atoms with van der Waals surface area (Å²) in [7, 11) is 0. The number of pyridine rings is 1. The quantitative estimate of drug-likeness (QED) is 0.520. The molecule has 18 heavy (non-hydrogen) atoms. The van der Waals surface area contributed by atoms with Crippen molar-refractivity contribution in [2.45, 2.75) is 31.7 Å². The van der Waals surface area contributed by atoms with E-state index in [4.69, 9.17) is 16.2 Å². The van der Waals surface area contributed by atoms with Crippen LogP contribution in [0.3, 0.4) is 0 Å². The summed E-state index contributed by atoms with van der Waals surface area (Å²) in [5.41, 5.74) is 6.95. The molecule has 0 amide bonds. The molecule has 5 nitrogen and oxygen atoms in total. The fraction of sp³-hybridized carbons (Fsp3) is 0.538. The molecule has 0 atom stereocenters. The van der Waals surface area contributed by atoms with Gasteiger partial charge in [-0.1, -0.05) is 0 Å². The van der Waals surface area contributed by atoms with Crippen LogP contribution in [-0.4, -0.2) is 35.1 Å². The molecule has 1 saturated carbocycles. The van der Waals surface area contributed by atoms with Crippen molar-refractivity contribution < 1.29 is 5.11 Å². The molecule has 0 saturated heterocycles. The first kappa shape index (κ1) is 12.8. The Morgan fingerprint density at radius 2 is 2.28 bits per heavy atom. The van der Waals surface area contributed by atoms with E-state index in [1.807, 2.05) is 6.07 Å². The second-order valence-corrected chi connectivity index (χ2v) is 4.67. The van der Waals surface area contributed by atoms with Gasteiger partial charge in [-0.05, 0) is 37.8 Å². The molecule has 1 aliphatic carbocycles. The molecule has 0 aromatic carbocycles. The van der Waals surface area contributed by atoms with Crippen LogP contribution in [0.1, 0.15) is 31.4 Å². The minimum Gasteiger partial charge on any atom is -0.396 e. The van der Waals surface area contributed by atoms with Gasteiger partial charge in [-0.15, -0.1) is 0 Å². The van der Waals surface area contributed by atoms with Gasteiger partial charge in [0, 0.05) is 19.2 Å². The van der Waals surface area contributed by atoms with Crippen molar-refractivity contribution in [1.82, 2.24) is 4.98 Å². The predicted molar refractivity (Wildman–Crippen MR) is 71.9 cm³/mol. The van der Waals surface area contributed by atoms with Crippen LogP contribution in [0.15, 0.2) is 18.3 Å². The minimum atomic E-state index is -0.00731. The average Bonchev–Trinajstić information content (AvgIpc) is 2.32. The highest BCUT2D eigenvalue weighted by atomic mass is 16.3. The van der Waals surface area contributed by atoms with Crippen molar-refractivity contribution in [3.05, 3.63) is 24.0 Å². The van der Waals surface area contributed by atoms with Crippen LogP contribution in [0, 0.1) is 5.41 Å². The molecule has 0 spiro atoms. The van der Waals surface area contributed by atoms with Gasteiger partial charge in [0.2, 0.25) is 0 Å². The summed E-state index contributed by atoms with van der Waals surface area (Å²) in [4.78, 5) is 6.50. The highest BCUT2D eigenvalue weighted by Crippen LogP contribution is 2.29. The zero-order chi connectivity index (χ0) is 13.0. The van der Waals surface area contributed by atoms with Crippen molar-refractivity contribution >= 4 is 11.5 Å². The maximum atomic E-state index is 8.96. The highest BCUT2D eigenvalue weighted by molar-refractivity contribution is 5.93. The van der Waals surface area contributed by atoms with Gasteiger partial charge in [0.15, 0.2) is 0 Å². The van der Waals surface area contributed by atoms with Crippen LogP contribution in [-0.2, 0) is 0 Å². The van der Waals surface area contributed by atoms with Crippen LogP contribution in [0.2, 0.25) is 0 Å². The van der Waals surface area contributed by atoms with Gasteiger partial charge < -0.3 is 15.7 Å². The van der Waals surface area contributed by atoms with Gasteiger partial charge in [0.05, 0.1) is 11.9 Å². The normalized spacial score (nSPS) is 15.2. The number of amidine groups is 1. The largest absolute Gasteiger partial charge is 0.396 e. The van der Waals surface area contributed by atoms with E-state index in [1.54, 1.807) is 12.3 Å². The van der Waals surface area contributed by atoms with E-state index in [-0.39, 0.29) is 12.4 Å². The van der Waals surface area contributed by atoms with E-state index in [0.717, 1.165) is 18.7 Å². The van der Waals surface area contributed by atoms with E-state index < -0.39 is 0 Å². The summed E-state index contributed by atoms with van der Waals surface area (Å²) in [6.45, 7) is 1.06. The first-order chi connectivity index (χ1) is 8.72. The second-order valence-electron chi connectivity index (χ2n) is 4.67. The molecular weight excluding hydrogens is 228 g/mol. The molecule has 1 aromatic rings. The number of aromatic nitrogens is 1. The fourth-order valence-electron chi connectivity index (χ4n) is 2.18. The van der Waals surface area contributed by atoms with Crippen molar-refractivity contribution in [2.75, 3.05) is 18.1 Å². The van der Waals surface area contributed by atoms with Crippen molar-refractivity contribution in [3.8, 4) is 0 Å². The van der Waals surface area contributed by atoms with E-state index in [9.17, 15) is 0 Å². The Kier molecular flexibility index (Phi) is 4.15. The first-order valence-electron chi connectivity index (χ1n) is 6.40. The first-order valence-corrected chi connectivity index (χ1v) is 6.40. The second kappa shape index (κ2) is 5.82. The van der Waals surface area contributed by atoms with Gasteiger partial charge >= 0.3 is 0 Å². The van der Waals surface area contributed by atoms with Gasteiger partial charge in [0.25, 0.3) is 0 Å². The maximum Gasteiger partial charge on any atom is 0.141 e. The van der Waals surface area contributed by atoms with Gasteiger partial charge in [-0.3, -0.25) is 10.4 Å². The molecule has 1 aliphatic rings. The third kappa shape index (κ3) is 2.79. The Labute approximate surface area is 107 Å². The van der Waals surface area contributed by atoms with Crippen molar-refractivity contribution in [1.29, 1.82) is 5.41 Å². The summed E-state index contributed by atoms with van der Waals surface area (Å²) in [5.74, 6) is -0.00731. The molecular formula is C13H20N4O. The number of hydrogen-bond acceptors (Lipinski definition) is 4. The number of nitrogens with two attached hydrogens (primary N) is 1. The summed E-state index contributed by atoms with van der Waals surface area (Å²) in [6, 6.07) is 4.31. The molecule has 2 rings (SSSR count). The van der Waals surface area contributed by atoms with Crippen LogP contribution in [0.25, 0.3) is 0 Å². The number of nitrogens with zero attached hydrogens (tertiary/aromatic N) is 2. The highest BCUT2D eigenvalue weighted by Gasteiger charge is 2.24. The molecule has 0 unspecified atom stereocenters. The Morgan fingerprint density at radius 3 is 2.72 bits per heavy atom. The number of anilines is 1. The van der Waals surface area contributed by atoms with Crippen molar-refractivity contribution in [2.24, 2.45) is 5.73 Å². The number of aliphatic hydroxyl groups is 1. The number of aliphatic hydroxyl groups excluding tert-OH is 1. The molecule has 98 valence electrons. The Bertz CT molecular complexity index is 400. The summed E-state index contributed by atoms with van der Waals surface area (Å²) in [5, 5.41) is 16.3. The SMILES string of the molecule is N=C(N)c1ccc(N(CCCO)C2CCC2)cn1. The fourth-order valence-corrected chi connectivity index (χ4v) is 2.18. The number of nitrogen functional groups attached to an aromatic ring is 1. The lowest BCUT2D eigenvalue weighted by Crippen LogP contribution is -2.41. The zero-order valence-electron chi connectivity index (χ0n) is 10.5. The van der Waals surface area contributed by atoms with Crippen LogP contribution in [0.4, 0.5) is 5.69 Å². The van der Waals surface area contributed by atoms with E-state index in [0.29, 0.717) is 11.7 Å². The van der Waals surface area contributed by atoms with Crippen LogP contribution in [0.5, 0.6) is 0 Å². The van der Waals surface area contributed by atoms with Gasteiger partial charge in [-0.25, -0.2) is 0 Å². The summed E-state index contributed by atoms with van der Waals surface area (Å²) in [6.07, 6.45) is 6.23. The van der Waals surface area contributed by atoms with Gasteiger partial charge in [-0.2, -0.15) is 0 Å². The van der Waals surface area contributed by atoms with Crippen molar-refractivity contribution in [3.63, 3.8) is 0 Å². The minimum absolute atomic E-state index is 0.00731. The molecule has 1 heterocycles. The van der Waals surface area contributed by atoms with E-state index >= 15 is 0 Å². The Balaban J connectivity index is 2.11. The molecule has 1 fully saturated rings. The number of hydrogen-bond donors (Lipinski definition) is 3.